The van der Waals surface area contributed by atoms with Gasteiger partial charge in [0.1, 0.15) is 11.5 Å². The lowest BCUT2D eigenvalue weighted by Crippen LogP contribution is -2.38. The number of ether oxygens (including phenoxy) is 1. The molecule has 156 valence electrons. The van der Waals surface area contributed by atoms with Crippen molar-refractivity contribution in [3.05, 3.63) is 78.0 Å². The van der Waals surface area contributed by atoms with E-state index in [1.807, 2.05) is 18.2 Å². The van der Waals surface area contributed by atoms with Crippen molar-refractivity contribution in [2.45, 2.75) is 19.5 Å². The van der Waals surface area contributed by atoms with E-state index in [9.17, 15) is 9.59 Å². The number of para-hydroxylation sites is 2. The number of carbonyl (C=O) groups is 2. The van der Waals surface area contributed by atoms with Gasteiger partial charge in [-0.3, -0.25) is 19.5 Å². The van der Waals surface area contributed by atoms with Crippen LogP contribution in [0.15, 0.2) is 65.3 Å². The van der Waals surface area contributed by atoms with Crippen molar-refractivity contribution < 1.29 is 18.7 Å². The van der Waals surface area contributed by atoms with Gasteiger partial charge in [-0.1, -0.05) is 18.2 Å². The van der Waals surface area contributed by atoms with E-state index < -0.39 is 0 Å². The van der Waals surface area contributed by atoms with Crippen LogP contribution in [0.4, 0.5) is 5.69 Å². The molecule has 31 heavy (non-hydrogen) atoms. The number of anilines is 1. The van der Waals surface area contributed by atoms with E-state index in [2.05, 4.69) is 11.1 Å². The van der Waals surface area contributed by atoms with Gasteiger partial charge in [-0.25, -0.2) is 0 Å². The number of nitrogens with zero attached hydrogens (tertiary/aromatic N) is 4. The molecule has 0 radical (unpaired) electrons. The predicted molar refractivity (Wildman–Crippen MR) is 111 cm³/mol. The van der Waals surface area contributed by atoms with E-state index in [1.165, 1.54) is 0 Å². The Balaban J connectivity index is 1.51. The number of hydrogen-bond donors (Lipinski definition) is 0. The van der Waals surface area contributed by atoms with Crippen LogP contribution in [-0.4, -0.2) is 34.8 Å². The van der Waals surface area contributed by atoms with Crippen molar-refractivity contribution in [3.8, 4) is 11.8 Å². The Hall–Kier alpha value is -4.12. The van der Waals surface area contributed by atoms with Crippen molar-refractivity contribution in [1.82, 2.24) is 9.88 Å². The summed E-state index contributed by atoms with van der Waals surface area (Å²) >= 11 is 0. The lowest BCUT2D eigenvalue weighted by molar-refractivity contribution is -0.121. The smallest absolute Gasteiger partial charge is 0.289 e. The Morgan fingerprint density at radius 1 is 1.19 bits per heavy atom. The van der Waals surface area contributed by atoms with Gasteiger partial charge in [0.2, 0.25) is 0 Å². The SMILES string of the molecule is N#CCCN(Cc1cccnc1)C(=O)c1ccc(CN2C(=O)COc3ccccc32)o1. The summed E-state index contributed by atoms with van der Waals surface area (Å²) in [6.07, 6.45) is 3.55. The van der Waals surface area contributed by atoms with E-state index in [1.54, 1.807) is 52.5 Å². The zero-order chi connectivity index (χ0) is 21.6. The van der Waals surface area contributed by atoms with Crippen molar-refractivity contribution in [3.63, 3.8) is 0 Å². The first-order chi connectivity index (χ1) is 15.2. The summed E-state index contributed by atoms with van der Waals surface area (Å²) in [5.74, 6) is 0.763. The van der Waals surface area contributed by atoms with Crippen molar-refractivity contribution >= 4 is 17.5 Å². The second-order valence-corrected chi connectivity index (χ2v) is 7.00. The third kappa shape index (κ3) is 4.56. The number of pyridine rings is 1. The maximum Gasteiger partial charge on any atom is 0.289 e. The van der Waals surface area contributed by atoms with E-state index >= 15 is 0 Å². The quantitative estimate of drug-likeness (QED) is 0.587. The average Bonchev–Trinajstić information content (AvgIpc) is 3.27. The zero-order valence-electron chi connectivity index (χ0n) is 16.7. The normalized spacial score (nSPS) is 12.6. The van der Waals surface area contributed by atoms with E-state index in [4.69, 9.17) is 14.4 Å². The summed E-state index contributed by atoms with van der Waals surface area (Å²) in [5.41, 5.74) is 1.52. The first kappa shape index (κ1) is 20.2. The summed E-state index contributed by atoms with van der Waals surface area (Å²) in [6.45, 7) is 0.735. The number of hydrogen-bond acceptors (Lipinski definition) is 6. The molecular formula is C23H20N4O4. The average molecular weight is 416 g/mol. The molecule has 0 saturated carbocycles. The van der Waals surface area contributed by atoms with E-state index in [0.29, 0.717) is 23.7 Å². The highest BCUT2D eigenvalue weighted by Gasteiger charge is 2.27. The molecule has 0 saturated heterocycles. The molecule has 0 bridgehead atoms. The standard InChI is InChI=1S/C23H20N4O4/c24-10-4-12-26(14-17-5-3-11-25-13-17)23(29)21-9-8-18(31-21)15-27-19-6-1-2-7-20(19)30-16-22(27)28/h1-3,5-9,11,13H,4,12,14-16H2. The number of amides is 2. The lowest BCUT2D eigenvalue weighted by atomic mass is 10.2. The summed E-state index contributed by atoms with van der Waals surface area (Å²) in [7, 11) is 0. The number of rotatable bonds is 7. The summed E-state index contributed by atoms with van der Waals surface area (Å²) in [6, 6.07) is 16.3. The molecule has 8 heteroatoms. The van der Waals surface area contributed by atoms with Crippen LogP contribution >= 0.6 is 0 Å². The minimum absolute atomic E-state index is 0.0451. The lowest BCUT2D eigenvalue weighted by Gasteiger charge is -2.28. The van der Waals surface area contributed by atoms with Crippen LogP contribution in [0.1, 0.15) is 28.3 Å². The summed E-state index contributed by atoms with van der Waals surface area (Å²) in [4.78, 5) is 32.6. The molecule has 1 aromatic carbocycles. The van der Waals surface area contributed by atoms with Gasteiger partial charge in [-0.05, 0) is 35.9 Å². The molecule has 0 N–H and O–H groups in total. The van der Waals surface area contributed by atoms with Gasteiger partial charge < -0.3 is 14.1 Å². The fourth-order valence-corrected chi connectivity index (χ4v) is 3.37. The highest BCUT2D eigenvalue weighted by atomic mass is 16.5. The fourth-order valence-electron chi connectivity index (χ4n) is 3.37. The number of benzene rings is 1. The maximum atomic E-state index is 13.0. The Kier molecular flexibility index (Phi) is 5.94. The van der Waals surface area contributed by atoms with E-state index in [-0.39, 0.29) is 43.7 Å². The van der Waals surface area contributed by atoms with Gasteiger partial charge in [0, 0.05) is 25.5 Å². The van der Waals surface area contributed by atoms with Crippen LogP contribution in [-0.2, 0) is 17.9 Å². The highest BCUT2D eigenvalue weighted by molar-refractivity contribution is 5.97. The zero-order valence-corrected chi connectivity index (χ0v) is 16.7. The predicted octanol–water partition coefficient (Wildman–Crippen LogP) is 3.16. The Labute approximate surface area is 179 Å². The van der Waals surface area contributed by atoms with Crippen LogP contribution in [0.25, 0.3) is 0 Å². The van der Waals surface area contributed by atoms with E-state index in [0.717, 1.165) is 5.56 Å². The minimum Gasteiger partial charge on any atom is -0.482 e. The number of fused-ring (bicyclic) bond motifs is 1. The van der Waals surface area contributed by atoms with Gasteiger partial charge in [0.25, 0.3) is 11.8 Å². The van der Waals surface area contributed by atoms with Gasteiger partial charge in [-0.15, -0.1) is 0 Å². The van der Waals surface area contributed by atoms with Gasteiger partial charge in [0.15, 0.2) is 12.4 Å². The summed E-state index contributed by atoms with van der Waals surface area (Å²) in [5, 5.41) is 8.95. The molecule has 1 aliphatic rings. The van der Waals surface area contributed by atoms with Crippen molar-refractivity contribution in [1.29, 1.82) is 5.26 Å². The largest absolute Gasteiger partial charge is 0.482 e. The molecule has 2 amide bonds. The molecule has 0 aliphatic carbocycles. The maximum absolute atomic E-state index is 13.0. The Morgan fingerprint density at radius 3 is 2.87 bits per heavy atom. The number of carbonyl (C=O) groups excluding carboxylic acids is 2. The molecule has 3 heterocycles. The third-order valence-corrected chi connectivity index (χ3v) is 4.87. The van der Waals surface area contributed by atoms with Gasteiger partial charge in [-0.2, -0.15) is 5.26 Å². The Morgan fingerprint density at radius 2 is 2.06 bits per heavy atom. The molecule has 2 aromatic heterocycles. The highest BCUT2D eigenvalue weighted by Crippen LogP contribution is 2.32. The molecule has 4 rings (SSSR count). The molecule has 0 fully saturated rings. The Bertz CT molecular complexity index is 1120. The number of aromatic nitrogens is 1. The topological polar surface area (TPSA) is 99.7 Å². The van der Waals surface area contributed by atoms with Crippen molar-refractivity contribution in [2.75, 3.05) is 18.1 Å². The fraction of sp³-hybridized carbons (Fsp3) is 0.217. The second-order valence-electron chi connectivity index (χ2n) is 7.00. The molecule has 1 aliphatic heterocycles. The van der Waals surface area contributed by atoms with Crippen LogP contribution < -0.4 is 9.64 Å². The first-order valence-electron chi connectivity index (χ1n) is 9.82. The molecular weight excluding hydrogens is 396 g/mol. The number of furan rings is 1. The van der Waals surface area contributed by atoms with Gasteiger partial charge >= 0.3 is 0 Å². The van der Waals surface area contributed by atoms with Crippen LogP contribution in [0.5, 0.6) is 5.75 Å². The second kappa shape index (κ2) is 9.13. The minimum atomic E-state index is -0.320. The molecule has 3 aromatic rings. The van der Waals surface area contributed by atoms with Crippen molar-refractivity contribution in [2.24, 2.45) is 0 Å². The number of nitriles is 1. The monoisotopic (exact) mass is 416 g/mol. The molecule has 0 unspecified atom stereocenters. The first-order valence-corrected chi connectivity index (χ1v) is 9.82. The molecule has 8 nitrogen and oxygen atoms in total. The molecule has 0 atom stereocenters. The van der Waals surface area contributed by atoms with Gasteiger partial charge in [0.05, 0.1) is 24.7 Å². The van der Waals surface area contributed by atoms with Crippen LogP contribution in [0.2, 0.25) is 0 Å². The van der Waals surface area contributed by atoms with Crippen LogP contribution in [0.3, 0.4) is 0 Å². The third-order valence-electron chi connectivity index (χ3n) is 4.87. The summed E-state index contributed by atoms with van der Waals surface area (Å²) < 4.78 is 11.2. The van der Waals surface area contributed by atoms with Crippen LogP contribution in [0, 0.1) is 11.3 Å². The molecule has 0 spiro atoms.